The predicted octanol–water partition coefficient (Wildman–Crippen LogP) is 3.98. The molecule has 1 heteroatoms. The van der Waals surface area contributed by atoms with E-state index < -0.39 is 0 Å². The molecule has 2 aromatic rings. The molecule has 0 saturated heterocycles. The number of aromatic amines is 1. The summed E-state index contributed by atoms with van der Waals surface area (Å²) in [6.07, 6.45) is 4.28. The maximum absolute atomic E-state index is 4.12. The Kier molecular flexibility index (Phi) is 2.40. The van der Waals surface area contributed by atoms with Gasteiger partial charge >= 0.3 is 0 Å². The van der Waals surface area contributed by atoms with E-state index in [2.05, 4.69) is 42.9 Å². The summed E-state index contributed by atoms with van der Waals surface area (Å²) in [5.74, 6) is 0. The lowest BCUT2D eigenvalue weighted by Gasteiger charge is -2.01. The fourth-order valence-electron chi connectivity index (χ4n) is 1.80. The van der Waals surface area contributed by atoms with Crippen LogP contribution < -0.4 is 0 Å². The van der Waals surface area contributed by atoms with E-state index >= 15 is 0 Å². The molecule has 1 aromatic carbocycles. The normalized spacial score (nSPS) is 10.6. The third-order valence-corrected chi connectivity index (χ3v) is 2.52. The molecule has 0 aliphatic rings. The van der Waals surface area contributed by atoms with Crippen LogP contribution in [-0.2, 0) is 0 Å². The summed E-state index contributed by atoms with van der Waals surface area (Å²) in [6.45, 7) is 6.30. The van der Waals surface area contributed by atoms with Gasteiger partial charge in [0.2, 0.25) is 0 Å². The minimum Gasteiger partial charge on any atom is -0.361 e. The van der Waals surface area contributed by atoms with Crippen molar-refractivity contribution in [2.24, 2.45) is 0 Å². The fourth-order valence-corrected chi connectivity index (χ4v) is 1.80. The summed E-state index contributed by atoms with van der Waals surface area (Å²) in [5.41, 5.74) is 3.69. The van der Waals surface area contributed by atoms with Crippen molar-refractivity contribution in [2.45, 2.75) is 19.8 Å². The second kappa shape index (κ2) is 3.70. The molecule has 72 valence electrons. The molecular formula is C13H15N. The Morgan fingerprint density at radius 3 is 2.93 bits per heavy atom. The van der Waals surface area contributed by atoms with Crippen molar-refractivity contribution < 1.29 is 0 Å². The van der Waals surface area contributed by atoms with Crippen LogP contribution in [0, 0.1) is 0 Å². The van der Waals surface area contributed by atoms with Crippen molar-refractivity contribution in [3.8, 4) is 0 Å². The molecule has 0 radical (unpaired) electrons. The highest BCUT2D eigenvalue weighted by molar-refractivity contribution is 5.91. The molecule has 0 aliphatic heterocycles. The van der Waals surface area contributed by atoms with Crippen molar-refractivity contribution in [1.29, 1.82) is 0 Å². The summed E-state index contributed by atoms with van der Waals surface area (Å²) >= 11 is 0. The second-order valence-corrected chi connectivity index (χ2v) is 3.60. The zero-order valence-corrected chi connectivity index (χ0v) is 8.51. The zero-order chi connectivity index (χ0) is 9.97. The number of H-pyrrole nitrogens is 1. The van der Waals surface area contributed by atoms with Crippen LogP contribution in [0.25, 0.3) is 16.5 Å². The quantitative estimate of drug-likeness (QED) is 0.744. The van der Waals surface area contributed by atoms with Crippen LogP contribution in [0.15, 0.2) is 37.0 Å². The largest absolute Gasteiger partial charge is 0.361 e. The Labute approximate surface area is 84.5 Å². The molecular weight excluding hydrogens is 170 g/mol. The molecule has 1 nitrogen and oxygen atoms in total. The van der Waals surface area contributed by atoms with Gasteiger partial charge in [-0.3, -0.25) is 0 Å². The van der Waals surface area contributed by atoms with E-state index in [4.69, 9.17) is 0 Å². The number of nitrogens with one attached hydrogen (secondary N) is 1. The van der Waals surface area contributed by atoms with E-state index in [1.807, 2.05) is 6.07 Å². The third kappa shape index (κ3) is 1.46. The number of hydrogen-bond acceptors (Lipinski definition) is 0. The monoisotopic (exact) mass is 185 g/mol. The summed E-state index contributed by atoms with van der Waals surface area (Å²) in [5, 5.41) is 1.28. The number of hydrogen-bond donors (Lipinski definition) is 1. The van der Waals surface area contributed by atoms with Gasteiger partial charge < -0.3 is 4.98 Å². The van der Waals surface area contributed by atoms with Gasteiger partial charge in [0.15, 0.2) is 0 Å². The summed E-state index contributed by atoms with van der Waals surface area (Å²) in [7, 11) is 0. The number of benzene rings is 1. The van der Waals surface area contributed by atoms with E-state index in [0.717, 1.165) is 12.8 Å². The smallest absolute Gasteiger partial charge is 0.0460 e. The van der Waals surface area contributed by atoms with Gasteiger partial charge in [-0.2, -0.15) is 0 Å². The van der Waals surface area contributed by atoms with Gasteiger partial charge in [-0.15, -0.1) is 0 Å². The molecule has 1 N–H and O–H groups in total. The minimum absolute atomic E-state index is 1.07. The van der Waals surface area contributed by atoms with E-state index in [0.29, 0.717) is 0 Å². The molecule has 0 bridgehead atoms. The Balaban J connectivity index is 2.47. The molecule has 0 unspecified atom stereocenters. The molecule has 0 atom stereocenters. The molecule has 0 amide bonds. The van der Waals surface area contributed by atoms with Gasteiger partial charge in [0.05, 0.1) is 0 Å². The highest BCUT2D eigenvalue weighted by Crippen LogP contribution is 2.26. The Hall–Kier alpha value is -1.50. The Morgan fingerprint density at radius 2 is 2.14 bits per heavy atom. The molecule has 1 heterocycles. The van der Waals surface area contributed by atoms with Crippen molar-refractivity contribution in [3.63, 3.8) is 0 Å². The van der Waals surface area contributed by atoms with Crippen LogP contribution in [0.1, 0.15) is 25.3 Å². The standard InChI is InChI=1S/C13H15N/c1-3-6-10(2)12-9-14-13-8-5-4-7-11(12)13/h4-5,7-9,14H,2-3,6H2,1H3. The summed E-state index contributed by atoms with van der Waals surface area (Å²) in [6, 6.07) is 8.35. The number of fused-ring (bicyclic) bond motifs is 1. The van der Waals surface area contributed by atoms with Crippen LogP contribution in [0.2, 0.25) is 0 Å². The van der Waals surface area contributed by atoms with E-state index in [1.54, 1.807) is 0 Å². The van der Waals surface area contributed by atoms with Gasteiger partial charge in [0.25, 0.3) is 0 Å². The number of rotatable bonds is 3. The van der Waals surface area contributed by atoms with Crippen LogP contribution >= 0.6 is 0 Å². The second-order valence-electron chi connectivity index (χ2n) is 3.60. The molecule has 0 saturated carbocycles. The SMILES string of the molecule is C=C(CCC)c1c[nH]c2ccccc12. The summed E-state index contributed by atoms with van der Waals surface area (Å²) in [4.78, 5) is 3.27. The third-order valence-electron chi connectivity index (χ3n) is 2.52. The van der Waals surface area contributed by atoms with Crippen LogP contribution in [0.5, 0.6) is 0 Å². The van der Waals surface area contributed by atoms with E-state index in [-0.39, 0.29) is 0 Å². The number of allylic oxidation sites excluding steroid dienone is 1. The van der Waals surface area contributed by atoms with Crippen molar-refractivity contribution in [3.05, 3.63) is 42.6 Å². The van der Waals surface area contributed by atoms with E-state index in [9.17, 15) is 0 Å². The topological polar surface area (TPSA) is 15.8 Å². The van der Waals surface area contributed by atoms with Gasteiger partial charge in [0.1, 0.15) is 0 Å². The number of para-hydroxylation sites is 1. The maximum Gasteiger partial charge on any atom is 0.0460 e. The molecule has 2 rings (SSSR count). The average Bonchev–Trinajstić information content (AvgIpc) is 2.61. The van der Waals surface area contributed by atoms with Crippen molar-refractivity contribution in [1.82, 2.24) is 4.98 Å². The van der Waals surface area contributed by atoms with Gasteiger partial charge in [0, 0.05) is 22.7 Å². The molecule has 0 spiro atoms. The van der Waals surface area contributed by atoms with Gasteiger partial charge in [-0.05, 0) is 18.1 Å². The van der Waals surface area contributed by atoms with Crippen LogP contribution in [0.4, 0.5) is 0 Å². The summed E-state index contributed by atoms with van der Waals surface area (Å²) < 4.78 is 0. The molecule has 0 aliphatic carbocycles. The molecule has 14 heavy (non-hydrogen) atoms. The zero-order valence-electron chi connectivity index (χ0n) is 8.51. The fraction of sp³-hybridized carbons (Fsp3) is 0.231. The van der Waals surface area contributed by atoms with Gasteiger partial charge in [-0.25, -0.2) is 0 Å². The first-order valence-corrected chi connectivity index (χ1v) is 5.07. The first-order chi connectivity index (χ1) is 6.83. The van der Waals surface area contributed by atoms with Crippen molar-refractivity contribution in [2.75, 3.05) is 0 Å². The molecule has 0 fully saturated rings. The number of aromatic nitrogens is 1. The first kappa shape index (κ1) is 9.07. The van der Waals surface area contributed by atoms with Gasteiger partial charge in [-0.1, -0.05) is 38.1 Å². The minimum atomic E-state index is 1.07. The molecule has 1 aromatic heterocycles. The lowest BCUT2D eigenvalue weighted by molar-refractivity contribution is 0.976. The lowest BCUT2D eigenvalue weighted by atomic mass is 10.0. The highest BCUT2D eigenvalue weighted by Gasteiger charge is 2.04. The predicted molar refractivity (Wildman–Crippen MR) is 62.2 cm³/mol. The van der Waals surface area contributed by atoms with Crippen LogP contribution in [-0.4, -0.2) is 4.98 Å². The van der Waals surface area contributed by atoms with E-state index in [1.165, 1.54) is 22.0 Å². The first-order valence-electron chi connectivity index (χ1n) is 5.07. The average molecular weight is 185 g/mol. The van der Waals surface area contributed by atoms with Crippen LogP contribution in [0.3, 0.4) is 0 Å². The lowest BCUT2D eigenvalue weighted by Crippen LogP contribution is -1.79. The maximum atomic E-state index is 4.12. The van der Waals surface area contributed by atoms with Crippen molar-refractivity contribution >= 4 is 16.5 Å². The Bertz CT molecular complexity index is 451. The highest BCUT2D eigenvalue weighted by atomic mass is 14.7. The Morgan fingerprint density at radius 1 is 1.36 bits per heavy atom.